The standard InChI is InChI=1S/C23H29N3O2/c1-16-11-17(2)14-26(13-16)15-19-5-3-18(4-6-19)12-25-23(28)21-9-7-20(8-10-21)22(24)27/h3-10,16-17H,11-15H2,1-2H3,(H2,24,27)(H,25,28). The molecule has 0 radical (unpaired) electrons. The van der Waals surface area contributed by atoms with Gasteiger partial charge in [-0.2, -0.15) is 0 Å². The van der Waals surface area contributed by atoms with E-state index < -0.39 is 5.91 Å². The number of benzene rings is 2. The molecule has 3 N–H and O–H groups in total. The van der Waals surface area contributed by atoms with Crippen LogP contribution in [-0.4, -0.2) is 29.8 Å². The van der Waals surface area contributed by atoms with Crippen LogP contribution in [0.3, 0.4) is 0 Å². The van der Waals surface area contributed by atoms with Crippen LogP contribution in [-0.2, 0) is 13.1 Å². The van der Waals surface area contributed by atoms with Gasteiger partial charge < -0.3 is 11.1 Å². The minimum atomic E-state index is -0.500. The first-order chi connectivity index (χ1) is 13.4. The zero-order valence-corrected chi connectivity index (χ0v) is 16.7. The summed E-state index contributed by atoms with van der Waals surface area (Å²) in [6, 6.07) is 14.8. The van der Waals surface area contributed by atoms with Crippen LogP contribution in [0.25, 0.3) is 0 Å². The van der Waals surface area contributed by atoms with E-state index in [1.54, 1.807) is 24.3 Å². The first-order valence-electron chi connectivity index (χ1n) is 9.89. The molecule has 0 spiro atoms. The molecule has 1 saturated heterocycles. The van der Waals surface area contributed by atoms with Crippen LogP contribution in [0.15, 0.2) is 48.5 Å². The molecule has 0 bridgehead atoms. The summed E-state index contributed by atoms with van der Waals surface area (Å²) in [6.45, 7) is 8.43. The molecular weight excluding hydrogens is 350 g/mol. The van der Waals surface area contributed by atoms with Gasteiger partial charge in [0, 0.05) is 37.3 Å². The van der Waals surface area contributed by atoms with E-state index in [2.05, 4.69) is 48.3 Å². The van der Waals surface area contributed by atoms with Gasteiger partial charge >= 0.3 is 0 Å². The summed E-state index contributed by atoms with van der Waals surface area (Å²) in [4.78, 5) is 25.9. The highest BCUT2D eigenvalue weighted by atomic mass is 16.2. The van der Waals surface area contributed by atoms with Gasteiger partial charge in [-0.05, 0) is 53.6 Å². The number of amides is 2. The summed E-state index contributed by atoms with van der Waals surface area (Å²) in [7, 11) is 0. The van der Waals surface area contributed by atoms with Crippen LogP contribution in [0, 0.1) is 11.8 Å². The molecule has 2 amide bonds. The summed E-state index contributed by atoms with van der Waals surface area (Å²) in [5.74, 6) is 0.849. The van der Waals surface area contributed by atoms with Gasteiger partial charge in [-0.15, -0.1) is 0 Å². The molecule has 0 aliphatic carbocycles. The van der Waals surface area contributed by atoms with Crippen LogP contribution in [0.4, 0.5) is 0 Å². The Balaban J connectivity index is 1.51. The number of carbonyl (C=O) groups is 2. The Morgan fingerprint density at radius 3 is 2.04 bits per heavy atom. The van der Waals surface area contributed by atoms with Crippen molar-refractivity contribution in [2.75, 3.05) is 13.1 Å². The molecule has 148 valence electrons. The zero-order chi connectivity index (χ0) is 20.1. The van der Waals surface area contributed by atoms with Gasteiger partial charge in [0.1, 0.15) is 0 Å². The third kappa shape index (κ3) is 5.42. The lowest BCUT2D eigenvalue weighted by Gasteiger charge is -2.35. The molecule has 0 aromatic heterocycles. The minimum absolute atomic E-state index is 0.170. The summed E-state index contributed by atoms with van der Waals surface area (Å²) in [5, 5.41) is 2.91. The Kier molecular flexibility index (Phi) is 6.47. The largest absolute Gasteiger partial charge is 0.366 e. The summed E-state index contributed by atoms with van der Waals surface area (Å²) in [5.41, 5.74) is 8.48. The molecule has 28 heavy (non-hydrogen) atoms. The van der Waals surface area contributed by atoms with E-state index >= 15 is 0 Å². The molecule has 1 aliphatic rings. The van der Waals surface area contributed by atoms with Gasteiger partial charge in [-0.25, -0.2) is 0 Å². The fraction of sp³-hybridized carbons (Fsp3) is 0.391. The Bertz CT molecular complexity index is 805. The number of nitrogens with two attached hydrogens (primary N) is 1. The van der Waals surface area contributed by atoms with E-state index in [-0.39, 0.29) is 5.91 Å². The van der Waals surface area contributed by atoms with Gasteiger partial charge in [0.15, 0.2) is 0 Å². The smallest absolute Gasteiger partial charge is 0.251 e. The molecular formula is C23H29N3O2. The topological polar surface area (TPSA) is 75.4 Å². The van der Waals surface area contributed by atoms with Gasteiger partial charge in [-0.3, -0.25) is 14.5 Å². The van der Waals surface area contributed by atoms with Crippen molar-refractivity contribution in [2.24, 2.45) is 17.6 Å². The van der Waals surface area contributed by atoms with Crippen molar-refractivity contribution in [3.63, 3.8) is 0 Å². The van der Waals surface area contributed by atoms with Crippen molar-refractivity contribution >= 4 is 11.8 Å². The van der Waals surface area contributed by atoms with Crippen LogP contribution in [0.5, 0.6) is 0 Å². The van der Waals surface area contributed by atoms with Crippen molar-refractivity contribution in [1.82, 2.24) is 10.2 Å². The predicted molar refractivity (Wildman–Crippen MR) is 111 cm³/mol. The van der Waals surface area contributed by atoms with Crippen molar-refractivity contribution < 1.29 is 9.59 Å². The van der Waals surface area contributed by atoms with Crippen LogP contribution in [0.1, 0.15) is 52.1 Å². The lowest BCUT2D eigenvalue weighted by Crippen LogP contribution is -2.38. The third-order valence-electron chi connectivity index (χ3n) is 5.26. The summed E-state index contributed by atoms with van der Waals surface area (Å²) < 4.78 is 0. The quantitative estimate of drug-likeness (QED) is 0.809. The SMILES string of the molecule is CC1CC(C)CN(Cc2ccc(CNC(=O)c3ccc(C(N)=O)cc3)cc2)C1. The Hall–Kier alpha value is -2.66. The second-order valence-electron chi connectivity index (χ2n) is 8.08. The number of primary amides is 1. The lowest BCUT2D eigenvalue weighted by molar-refractivity contribution is 0.0948. The summed E-state index contributed by atoms with van der Waals surface area (Å²) in [6.07, 6.45) is 1.32. The van der Waals surface area contributed by atoms with E-state index in [4.69, 9.17) is 5.73 Å². The van der Waals surface area contributed by atoms with Crippen LogP contribution in [0.2, 0.25) is 0 Å². The number of likely N-dealkylation sites (tertiary alicyclic amines) is 1. The zero-order valence-electron chi connectivity index (χ0n) is 16.7. The molecule has 5 nitrogen and oxygen atoms in total. The number of hydrogen-bond acceptors (Lipinski definition) is 3. The van der Waals surface area contributed by atoms with E-state index in [1.165, 1.54) is 12.0 Å². The van der Waals surface area contributed by atoms with Crippen LogP contribution < -0.4 is 11.1 Å². The summed E-state index contributed by atoms with van der Waals surface area (Å²) >= 11 is 0. The van der Waals surface area contributed by atoms with Crippen molar-refractivity contribution in [2.45, 2.75) is 33.4 Å². The highest BCUT2D eigenvalue weighted by Gasteiger charge is 2.21. The number of rotatable bonds is 6. The van der Waals surface area contributed by atoms with E-state index in [0.717, 1.165) is 37.0 Å². The van der Waals surface area contributed by atoms with Gasteiger partial charge in [0.05, 0.1) is 0 Å². The lowest BCUT2D eigenvalue weighted by atomic mass is 9.91. The van der Waals surface area contributed by atoms with Gasteiger partial charge in [-0.1, -0.05) is 38.1 Å². The number of hydrogen-bond donors (Lipinski definition) is 2. The number of nitrogens with zero attached hydrogens (tertiary/aromatic N) is 1. The van der Waals surface area contributed by atoms with Crippen molar-refractivity contribution in [1.29, 1.82) is 0 Å². The second-order valence-corrected chi connectivity index (χ2v) is 8.08. The third-order valence-corrected chi connectivity index (χ3v) is 5.26. The number of nitrogens with one attached hydrogen (secondary N) is 1. The maximum Gasteiger partial charge on any atom is 0.251 e. The average molecular weight is 380 g/mol. The molecule has 1 fully saturated rings. The Morgan fingerprint density at radius 1 is 0.929 bits per heavy atom. The van der Waals surface area contributed by atoms with Gasteiger partial charge in [0.25, 0.3) is 5.91 Å². The maximum atomic E-state index is 12.3. The second kappa shape index (κ2) is 9.02. The molecule has 2 aromatic carbocycles. The first-order valence-corrected chi connectivity index (χ1v) is 9.89. The predicted octanol–water partition coefficient (Wildman–Crippen LogP) is 3.19. The molecule has 5 heteroatoms. The maximum absolute atomic E-state index is 12.3. The molecule has 2 atom stereocenters. The Labute approximate surface area is 166 Å². The molecule has 2 aromatic rings. The normalized spacial score (nSPS) is 19.9. The monoisotopic (exact) mass is 379 g/mol. The van der Waals surface area contributed by atoms with Crippen LogP contribution >= 0.6 is 0 Å². The van der Waals surface area contributed by atoms with Crippen molar-refractivity contribution in [3.05, 3.63) is 70.8 Å². The van der Waals surface area contributed by atoms with E-state index in [0.29, 0.717) is 17.7 Å². The fourth-order valence-electron chi connectivity index (χ4n) is 4.01. The highest BCUT2D eigenvalue weighted by molar-refractivity contribution is 5.97. The minimum Gasteiger partial charge on any atom is -0.366 e. The van der Waals surface area contributed by atoms with E-state index in [1.807, 2.05) is 0 Å². The average Bonchev–Trinajstić information content (AvgIpc) is 2.66. The number of piperidine rings is 1. The number of carbonyl (C=O) groups excluding carboxylic acids is 2. The first kappa shape index (κ1) is 20.1. The highest BCUT2D eigenvalue weighted by Crippen LogP contribution is 2.22. The van der Waals surface area contributed by atoms with Crippen molar-refractivity contribution in [3.8, 4) is 0 Å². The molecule has 1 aliphatic heterocycles. The Morgan fingerprint density at radius 2 is 1.46 bits per heavy atom. The molecule has 3 rings (SSSR count). The fourth-order valence-corrected chi connectivity index (χ4v) is 4.01. The van der Waals surface area contributed by atoms with Gasteiger partial charge in [0.2, 0.25) is 5.91 Å². The molecule has 1 heterocycles. The van der Waals surface area contributed by atoms with E-state index in [9.17, 15) is 9.59 Å². The molecule has 2 unspecified atom stereocenters. The molecule has 0 saturated carbocycles.